The number of ether oxygens (including phenoxy) is 4. The molecule has 1 aliphatic rings. The van der Waals surface area contributed by atoms with Crippen LogP contribution in [0.1, 0.15) is 39.5 Å². The third-order valence-electron chi connectivity index (χ3n) is 6.48. The molecule has 0 radical (unpaired) electrons. The number of esters is 1. The first-order valence-electron chi connectivity index (χ1n) is 11.9. The summed E-state index contributed by atoms with van der Waals surface area (Å²) in [6, 6.07) is 20.4. The zero-order valence-corrected chi connectivity index (χ0v) is 20.9. The monoisotopic (exact) mass is 489 g/mol. The van der Waals surface area contributed by atoms with Gasteiger partial charge in [0.05, 0.1) is 32.9 Å². The molecule has 0 spiro atoms. The molecule has 0 saturated heterocycles. The van der Waals surface area contributed by atoms with Gasteiger partial charge in [-0.15, -0.1) is 0 Å². The smallest absolute Gasteiger partial charge is 0.337 e. The van der Waals surface area contributed by atoms with E-state index in [1.807, 2.05) is 47.4 Å². The van der Waals surface area contributed by atoms with Gasteiger partial charge in [-0.05, 0) is 65.9 Å². The molecule has 0 N–H and O–H groups in total. The molecule has 188 valence electrons. The molecule has 0 unspecified atom stereocenters. The molecular formula is C29H31NO6. The first-order chi connectivity index (χ1) is 17.5. The van der Waals surface area contributed by atoms with Crippen LogP contribution in [-0.2, 0) is 22.4 Å². The van der Waals surface area contributed by atoms with Crippen LogP contribution < -0.4 is 14.2 Å². The Morgan fingerprint density at radius 2 is 1.61 bits per heavy atom. The highest BCUT2D eigenvalue weighted by atomic mass is 16.5. The van der Waals surface area contributed by atoms with E-state index in [4.69, 9.17) is 18.9 Å². The lowest BCUT2D eigenvalue weighted by atomic mass is 9.91. The lowest BCUT2D eigenvalue weighted by molar-refractivity contribution is -0.134. The first-order valence-corrected chi connectivity index (χ1v) is 11.9. The van der Waals surface area contributed by atoms with Crippen molar-refractivity contribution < 1.29 is 28.5 Å². The van der Waals surface area contributed by atoms with E-state index in [9.17, 15) is 9.59 Å². The van der Waals surface area contributed by atoms with Crippen molar-refractivity contribution in [1.82, 2.24) is 4.90 Å². The van der Waals surface area contributed by atoms with Gasteiger partial charge in [0.15, 0.2) is 11.5 Å². The summed E-state index contributed by atoms with van der Waals surface area (Å²) in [5, 5.41) is 0. The quantitative estimate of drug-likeness (QED) is 0.408. The van der Waals surface area contributed by atoms with Crippen LogP contribution in [0.25, 0.3) is 0 Å². The molecule has 0 aliphatic carbocycles. The van der Waals surface area contributed by atoms with Crippen LogP contribution in [0.3, 0.4) is 0 Å². The van der Waals surface area contributed by atoms with E-state index in [1.54, 1.807) is 38.5 Å². The van der Waals surface area contributed by atoms with Gasteiger partial charge in [0.1, 0.15) is 12.4 Å². The van der Waals surface area contributed by atoms with Crippen molar-refractivity contribution in [1.29, 1.82) is 0 Å². The minimum Gasteiger partial charge on any atom is -0.493 e. The van der Waals surface area contributed by atoms with E-state index >= 15 is 0 Å². The SMILES string of the molecule is COC(=O)c1ccc(OC[C@H]2c3cc(OC)c(OC)cc3CCN2C(=O)CCc2ccccc2)cc1. The van der Waals surface area contributed by atoms with Gasteiger partial charge in [-0.2, -0.15) is 0 Å². The Labute approximate surface area is 211 Å². The fraction of sp³-hybridized carbons (Fsp3) is 0.310. The van der Waals surface area contributed by atoms with Crippen molar-refractivity contribution in [3.05, 3.63) is 89.0 Å². The number of fused-ring (bicyclic) bond motifs is 1. The fourth-order valence-corrected chi connectivity index (χ4v) is 4.53. The van der Waals surface area contributed by atoms with Crippen molar-refractivity contribution in [2.45, 2.75) is 25.3 Å². The number of carbonyl (C=O) groups excluding carboxylic acids is 2. The second-order valence-electron chi connectivity index (χ2n) is 8.57. The van der Waals surface area contributed by atoms with Crippen molar-refractivity contribution in [2.75, 3.05) is 34.5 Å². The first kappa shape index (κ1) is 25.1. The van der Waals surface area contributed by atoms with Crippen LogP contribution in [0.5, 0.6) is 17.2 Å². The number of hydrogen-bond acceptors (Lipinski definition) is 6. The number of nitrogens with zero attached hydrogens (tertiary/aromatic N) is 1. The molecule has 7 heteroatoms. The number of benzene rings is 3. The topological polar surface area (TPSA) is 74.3 Å². The van der Waals surface area contributed by atoms with E-state index in [0.717, 1.165) is 23.1 Å². The van der Waals surface area contributed by atoms with Gasteiger partial charge in [-0.1, -0.05) is 30.3 Å². The zero-order chi connectivity index (χ0) is 25.5. The summed E-state index contributed by atoms with van der Waals surface area (Å²) < 4.78 is 21.9. The van der Waals surface area contributed by atoms with Crippen LogP contribution in [0, 0.1) is 0 Å². The van der Waals surface area contributed by atoms with E-state index in [0.29, 0.717) is 42.2 Å². The Bertz CT molecular complexity index is 1190. The molecule has 4 rings (SSSR count). The maximum absolute atomic E-state index is 13.4. The van der Waals surface area contributed by atoms with Gasteiger partial charge in [0.2, 0.25) is 5.91 Å². The molecular weight excluding hydrogens is 458 g/mol. The molecule has 1 aliphatic heterocycles. The minimum absolute atomic E-state index is 0.0777. The Morgan fingerprint density at radius 1 is 0.917 bits per heavy atom. The molecule has 1 atom stereocenters. The predicted octanol–water partition coefficient (Wildman–Crippen LogP) is 4.63. The lowest BCUT2D eigenvalue weighted by Gasteiger charge is -2.37. The molecule has 0 fully saturated rings. The van der Waals surface area contributed by atoms with E-state index in [1.165, 1.54) is 7.11 Å². The molecule has 1 amide bonds. The van der Waals surface area contributed by atoms with Crippen molar-refractivity contribution in [2.24, 2.45) is 0 Å². The maximum Gasteiger partial charge on any atom is 0.337 e. The molecule has 3 aromatic carbocycles. The van der Waals surface area contributed by atoms with Crippen LogP contribution >= 0.6 is 0 Å². The van der Waals surface area contributed by atoms with E-state index in [2.05, 4.69) is 0 Å². The van der Waals surface area contributed by atoms with Crippen LogP contribution in [0.4, 0.5) is 0 Å². The van der Waals surface area contributed by atoms with Gasteiger partial charge in [-0.25, -0.2) is 4.79 Å². The molecule has 0 aromatic heterocycles. The second kappa shape index (κ2) is 11.6. The summed E-state index contributed by atoms with van der Waals surface area (Å²) in [5.74, 6) is 1.56. The lowest BCUT2D eigenvalue weighted by Crippen LogP contribution is -2.42. The molecule has 7 nitrogen and oxygen atoms in total. The summed E-state index contributed by atoms with van der Waals surface area (Å²) >= 11 is 0. The van der Waals surface area contributed by atoms with Gasteiger partial charge >= 0.3 is 5.97 Å². The number of carbonyl (C=O) groups is 2. The second-order valence-corrected chi connectivity index (χ2v) is 8.57. The third-order valence-corrected chi connectivity index (χ3v) is 6.48. The number of aryl methyl sites for hydroxylation is 1. The zero-order valence-electron chi connectivity index (χ0n) is 20.9. The Kier molecular flexibility index (Phi) is 8.10. The average molecular weight is 490 g/mol. The van der Waals surface area contributed by atoms with Crippen LogP contribution in [0.2, 0.25) is 0 Å². The Morgan fingerprint density at radius 3 is 2.28 bits per heavy atom. The fourth-order valence-electron chi connectivity index (χ4n) is 4.53. The van der Waals surface area contributed by atoms with Gasteiger partial charge < -0.3 is 23.8 Å². The Hall–Kier alpha value is -4.00. The molecule has 0 bridgehead atoms. The molecule has 36 heavy (non-hydrogen) atoms. The number of hydrogen-bond donors (Lipinski definition) is 0. The van der Waals surface area contributed by atoms with Gasteiger partial charge in [-0.3, -0.25) is 4.79 Å². The van der Waals surface area contributed by atoms with Crippen molar-refractivity contribution >= 4 is 11.9 Å². The van der Waals surface area contributed by atoms with Crippen LogP contribution in [-0.4, -0.2) is 51.3 Å². The molecule has 1 heterocycles. The number of rotatable bonds is 9. The molecule has 3 aromatic rings. The van der Waals surface area contributed by atoms with Crippen LogP contribution in [0.15, 0.2) is 66.7 Å². The van der Waals surface area contributed by atoms with E-state index in [-0.39, 0.29) is 18.6 Å². The van der Waals surface area contributed by atoms with Gasteiger partial charge in [0.25, 0.3) is 0 Å². The summed E-state index contributed by atoms with van der Waals surface area (Å²) in [6.07, 6.45) is 1.81. The average Bonchev–Trinajstić information content (AvgIpc) is 2.94. The normalized spacial score (nSPS) is 14.5. The van der Waals surface area contributed by atoms with Crippen molar-refractivity contribution in [3.8, 4) is 17.2 Å². The highest BCUT2D eigenvalue weighted by Gasteiger charge is 2.32. The highest BCUT2D eigenvalue weighted by molar-refractivity contribution is 5.89. The summed E-state index contributed by atoms with van der Waals surface area (Å²) in [5.41, 5.74) is 3.67. The summed E-state index contributed by atoms with van der Waals surface area (Å²) in [4.78, 5) is 27.0. The largest absolute Gasteiger partial charge is 0.493 e. The number of methoxy groups -OCH3 is 3. The minimum atomic E-state index is -0.404. The summed E-state index contributed by atoms with van der Waals surface area (Å²) in [7, 11) is 4.56. The maximum atomic E-state index is 13.4. The standard InChI is InChI=1S/C29H31NO6/c1-33-26-17-22-15-16-30(28(31)14-9-20-7-5-4-6-8-20)25(24(22)18-27(26)34-2)19-36-23-12-10-21(11-13-23)29(32)35-3/h4-8,10-13,17-18,25H,9,14-16,19H2,1-3H3/t25-/m0/s1. The van der Waals surface area contributed by atoms with Crippen molar-refractivity contribution in [3.63, 3.8) is 0 Å². The summed E-state index contributed by atoms with van der Waals surface area (Å²) in [6.45, 7) is 0.850. The molecule has 0 saturated carbocycles. The Balaban J connectivity index is 1.57. The number of amides is 1. The third kappa shape index (κ3) is 5.62. The van der Waals surface area contributed by atoms with E-state index < -0.39 is 5.97 Å². The highest BCUT2D eigenvalue weighted by Crippen LogP contribution is 2.38. The van der Waals surface area contributed by atoms with Gasteiger partial charge in [0, 0.05) is 13.0 Å². The predicted molar refractivity (Wildman–Crippen MR) is 136 cm³/mol.